The molecule has 1 aliphatic rings. The normalized spacial score (nSPS) is 11.6. The topological polar surface area (TPSA) is 0 Å². The summed E-state index contributed by atoms with van der Waals surface area (Å²) < 4.78 is 1.01. The molecule has 0 aromatic heterocycles. The van der Waals surface area contributed by atoms with Crippen molar-refractivity contribution in [2.45, 2.75) is 0 Å². The summed E-state index contributed by atoms with van der Waals surface area (Å²) in [5.41, 5.74) is 14.7. The Balaban J connectivity index is 1.69. The molecule has 0 N–H and O–H groups in total. The van der Waals surface area contributed by atoms with Gasteiger partial charge in [-0.1, -0.05) is 161 Å². The lowest BCUT2D eigenvalue weighted by molar-refractivity contribution is 1.54. The van der Waals surface area contributed by atoms with Crippen LogP contribution in [-0.2, 0) is 0 Å². The fourth-order valence-corrected chi connectivity index (χ4v) is 7.61. The van der Waals surface area contributed by atoms with Crippen molar-refractivity contribution in [2.75, 3.05) is 0 Å². The minimum absolute atomic E-state index is 0.754. The maximum atomic E-state index is 6.91. The van der Waals surface area contributed by atoms with Gasteiger partial charge in [-0.3, -0.25) is 0 Å². The molecule has 0 saturated carbocycles. The molecular formula is C40H24BrCl. The van der Waals surface area contributed by atoms with Gasteiger partial charge in [-0.2, -0.15) is 0 Å². The van der Waals surface area contributed by atoms with Crippen LogP contribution in [0.25, 0.3) is 77.5 Å². The van der Waals surface area contributed by atoms with Gasteiger partial charge < -0.3 is 0 Å². The molecule has 0 bridgehead atoms. The van der Waals surface area contributed by atoms with Gasteiger partial charge >= 0.3 is 0 Å². The highest BCUT2D eigenvalue weighted by molar-refractivity contribution is 9.10. The Morgan fingerprint density at radius 1 is 0.333 bits per heavy atom. The average Bonchev–Trinajstić information content (AvgIpc) is 3.38. The molecule has 0 unspecified atom stereocenters. The summed E-state index contributed by atoms with van der Waals surface area (Å²) in [5.74, 6) is 0. The van der Waals surface area contributed by atoms with Gasteiger partial charge in [0.05, 0.1) is 0 Å². The number of hydrogen-bond donors (Lipinski definition) is 0. The minimum Gasteiger partial charge on any atom is -0.0836 e. The van der Waals surface area contributed by atoms with E-state index in [1.165, 1.54) is 72.1 Å². The minimum atomic E-state index is 0.754. The molecule has 0 amide bonds. The lowest BCUT2D eigenvalue weighted by atomic mass is 9.76. The molecule has 0 saturated heterocycles. The van der Waals surface area contributed by atoms with Gasteiger partial charge in [0.1, 0.15) is 0 Å². The summed E-state index contributed by atoms with van der Waals surface area (Å²) >= 11 is 10.7. The maximum Gasteiger partial charge on any atom is 0.0496 e. The van der Waals surface area contributed by atoms with Crippen molar-refractivity contribution in [3.05, 3.63) is 155 Å². The SMILES string of the molecule is Clc1ccc2c3c(ccc(Br)c13)-c1c(-c3ccccc3)c(-c3ccccc3)c(-c3ccccc3)c(-c3ccccc3)c1-2. The molecule has 7 aromatic carbocycles. The van der Waals surface area contributed by atoms with Crippen molar-refractivity contribution in [1.29, 1.82) is 0 Å². The number of hydrogen-bond acceptors (Lipinski definition) is 0. The Labute approximate surface area is 259 Å². The van der Waals surface area contributed by atoms with Crippen LogP contribution in [0.5, 0.6) is 0 Å². The molecule has 0 radical (unpaired) electrons. The summed E-state index contributed by atoms with van der Waals surface area (Å²) in [6.45, 7) is 0. The predicted octanol–water partition coefficient (Wildman–Crippen LogP) is 12.6. The Bertz CT molecular complexity index is 1970. The summed E-state index contributed by atoms with van der Waals surface area (Å²) in [6.07, 6.45) is 0. The highest BCUT2D eigenvalue weighted by atomic mass is 79.9. The van der Waals surface area contributed by atoms with Crippen LogP contribution < -0.4 is 0 Å². The van der Waals surface area contributed by atoms with Crippen LogP contribution in [0.4, 0.5) is 0 Å². The second-order valence-electron chi connectivity index (χ2n) is 10.7. The van der Waals surface area contributed by atoms with E-state index in [-0.39, 0.29) is 0 Å². The zero-order chi connectivity index (χ0) is 28.2. The first-order valence-corrected chi connectivity index (χ1v) is 15.3. The van der Waals surface area contributed by atoms with Crippen molar-refractivity contribution in [2.24, 2.45) is 0 Å². The van der Waals surface area contributed by atoms with E-state index in [2.05, 4.69) is 155 Å². The third-order valence-electron chi connectivity index (χ3n) is 8.35. The molecule has 0 spiro atoms. The monoisotopic (exact) mass is 618 g/mol. The van der Waals surface area contributed by atoms with E-state index in [4.69, 9.17) is 11.6 Å². The van der Waals surface area contributed by atoms with E-state index < -0.39 is 0 Å². The van der Waals surface area contributed by atoms with Crippen molar-refractivity contribution >= 4 is 38.3 Å². The number of benzene rings is 7. The number of fused-ring (bicyclic) bond motifs is 3. The van der Waals surface area contributed by atoms with Crippen molar-refractivity contribution < 1.29 is 0 Å². The van der Waals surface area contributed by atoms with Crippen LogP contribution in [0.1, 0.15) is 0 Å². The third kappa shape index (κ3) is 3.81. The molecule has 198 valence electrons. The molecule has 0 heterocycles. The van der Waals surface area contributed by atoms with Gasteiger partial charge in [-0.15, -0.1) is 0 Å². The van der Waals surface area contributed by atoms with Crippen molar-refractivity contribution in [1.82, 2.24) is 0 Å². The lowest BCUT2D eigenvalue weighted by Crippen LogP contribution is -1.99. The highest BCUT2D eigenvalue weighted by Gasteiger charge is 2.34. The molecule has 1 aliphatic carbocycles. The third-order valence-corrected chi connectivity index (χ3v) is 9.32. The van der Waals surface area contributed by atoms with E-state index in [0.29, 0.717) is 0 Å². The molecule has 42 heavy (non-hydrogen) atoms. The van der Waals surface area contributed by atoms with E-state index >= 15 is 0 Å². The Hall–Kier alpha value is -4.43. The molecule has 0 fully saturated rings. The first-order valence-electron chi connectivity index (χ1n) is 14.1. The fraction of sp³-hybridized carbons (Fsp3) is 0. The van der Waals surface area contributed by atoms with Crippen molar-refractivity contribution in [3.8, 4) is 66.8 Å². The zero-order valence-electron chi connectivity index (χ0n) is 22.6. The lowest BCUT2D eigenvalue weighted by Gasteiger charge is -2.26. The largest absolute Gasteiger partial charge is 0.0836 e. The maximum absolute atomic E-state index is 6.91. The highest BCUT2D eigenvalue weighted by Crippen LogP contribution is 2.61. The van der Waals surface area contributed by atoms with E-state index in [1.54, 1.807) is 0 Å². The fourth-order valence-electron chi connectivity index (χ4n) is 6.69. The smallest absolute Gasteiger partial charge is 0.0496 e. The van der Waals surface area contributed by atoms with Crippen LogP contribution >= 0.6 is 27.5 Å². The van der Waals surface area contributed by atoms with E-state index in [9.17, 15) is 0 Å². The Morgan fingerprint density at radius 2 is 0.667 bits per heavy atom. The Morgan fingerprint density at radius 3 is 1.05 bits per heavy atom. The quantitative estimate of drug-likeness (QED) is 0.184. The standard InChI is InChI=1S/C40H24BrCl/c41-31-23-21-29-37-30(22-24-32(42)40(31)37)39-36(28-19-11-4-12-20-28)34(26-15-7-2-8-16-26)33(25-13-5-1-6-14-25)35(38(29)39)27-17-9-3-10-18-27/h1-24H. The first-order chi connectivity index (χ1) is 20.7. The summed E-state index contributed by atoms with van der Waals surface area (Å²) in [7, 11) is 0. The zero-order valence-corrected chi connectivity index (χ0v) is 25.0. The van der Waals surface area contributed by atoms with Gasteiger partial charge in [0.15, 0.2) is 0 Å². The number of halogens is 2. The average molecular weight is 620 g/mol. The van der Waals surface area contributed by atoms with Gasteiger partial charge in [0.2, 0.25) is 0 Å². The summed E-state index contributed by atoms with van der Waals surface area (Å²) in [4.78, 5) is 0. The summed E-state index contributed by atoms with van der Waals surface area (Å²) in [6, 6.07) is 52.1. The van der Waals surface area contributed by atoms with Crippen LogP contribution in [0, 0.1) is 0 Å². The van der Waals surface area contributed by atoms with Gasteiger partial charge in [-0.25, -0.2) is 0 Å². The van der Waals surface area contributed by atoms with Crippen LogP contribution in [-0.4, -0.2) is 0 Å². The first kappa shape index (κ1) is 25.3. The van der Waals surface area contributed by atoms with Crippen LogP contribution in [0.15, 0.2) is 150 Å². The molecular weight excluding hydrogens is 596 g/mol. The Kier molecular flexibility index (Phi) is 6.10. The molecule has 0 atom stereocenters. The van der Waals surface area contributed by atoms with Gasteiger partial charge in [0, 0.05) is 20.3 Å². The van der Waals surface area contributed by atoms with Gasteiger partial charge in [0.25, 0.3) is 0 Å². The van der Waals surface area contributed by atoms with Crippen molar-refractivity contribution in [3.63, 3.8) is 0 Å². The second kappa shape index (κ2) is 10.1. The van der Waals surface area contributed by atoms with E-state index in [0.717, 1.165) is 14.9 Å². The molecule has 0 aliphatic heterocycles. The molecule has 2 heteroatoms. The van der Waals surface area contributed by atoms with Gasteiger partial charge in [-0.05, 0) is 78.9 Å². The molecule has 0 nitrogen and oxygen atoms in total. The predicted molar refractivity (Wildman–Crippen MR) is 183 cm³/mol. The van der Waals surface area contributed by atoms with Crippen LogP contribution in [0.3, 0.4) is 0 Å². The summed E-state index contributed by atoms with van der Waals surface area (Å²) in [5, 5.41) is 3.01. The van der Waals surface area contributed by atoms with Crippen LogP contribution in [0.2, 0.25) is 5.02 Å². The second-order valence-corrected chi connectivity index (χ2v) is 11.9. The number of rotatable bonds is 4. The molecule has 7 aromatic rings. The van der Waals surface area contributed by atoms with E-state index in [1.807, 2.05) is 6.07 Å². The molecule has 8 rings (SSSR count).